The van der Waals surface area contributed by atoms with E-state index in [1.807, 2.05) is 0 Å². The van der Waals surface area contributed by atoms with E-state index in [0.29, 0.717) is 12.8 Å². The molecule has 0 heterocycles. The van der Waals surface area contributed by atoms with E-state index in [4.69, 9.17) is 15.9 Å². The zero-order valence-electron chi connectivity index (χ0n) is 8.09. The molecule has 1 aromatic carbocycles. The van der Waals surface area contributed by atoms with E-state index in [0.717, 1.165) is 5.56 Å². The number of aliphatic carboxylic acids is 1. The first-order valence-electron chi connectivity index (χ1n) is 4.36. The summed E-state index contributed by atoms with van der Waals surface area (Å²) >= 11 is 0. The third-order valence-corrected chi connectivity index (χ3v) is 2.00. The molecule has 0 amide bonds. The Hall–Kier alpha value is -1.07. The Morgan fingerprint density at radius 1 is 1.33 bits per heavy atom. The van der Waals surface area contributed by atoms with E-state index < -0.39 is 12.0 Å². The third kappa shape index (κ3) is 4.80. The van der Waals surface area contributed by atoms with Crippen LogP contribution in [0.2, 0.25) is 0 Å². The molecule has 4 nitrogen and oxygen atoms in total. The van der Waals surface area contributed by atoms with Crippen molar-refractivity contribution in [3.05, 3.63) is 29.8 Å². The highest BCUT2D eigenvalue weighted by Crippen LogP contribution is 2.11. The summed E-state index contributed by atoms with van der Waals surface area (Å²) in [5, 5.41) is 17.5. The van der Waals surface area contributed by atoms with Crippen LogP contribution in [0.15, 0.2) is 24.3 Å². The summed E-state index contributed by atoms with van der Waals surface area (Å²) in [4.78, 5) is 10.4. The number of carboxylic acids is 1. The van der Waals surface area contributed by atoms with Crippen LogP contribution in [0.25, 0.3) is 0 Å². The van der Waals surface area contributed by atoms with Crippen molar-refractivity contribution in [2.24, 2.45) is 5.73 Å². The molecule has 1 atom stereocenters. The highest BCUT2D eigenvalue weighted by Gasteiger charge is 2.10. The summed E-state index contributed by atoms with van der Waals surface area (Å²) in [6.45, 7) is 0. The van der Waals surface area contributed by atoms with Gasteiger partial charge in [-0.2, -0.15) is 0 Å². The molecule has 1 rings (SSSR count). The molecule has 15 heavy (non-hydrogen) atoms. The molecule has 0 radical (unpaired) electrons. The molecule has 0 unspecified atom stereocenters. The van der Waals surface area contributed by atoms with Crippen molar-refractivity contribution >= 4 is 23.0 Å². The number of phenolic OH excluding ortho intramolecular Hbond substituents is 1. The molecule has 0 spiro atoms. The van der Waals surface area contributed by atoms with Gasteiger partial charge in [-0.15, -0.1) is 17.0 Å². The summed E-state index contributed by atoms with van der Waals surface area (Å²) in [5.41, 5.74) is 6.32. The van der Waals surface area contributed by atoms with Crippen molar-refractivity contribution in [3.63, 3.8) is 0 Å². The Kier molecular flexibility index (Phi) is 5.96. The largest absolute Gasteiger partial charge is 0.508 e. The van der Waals surface area contributed by atoms with E-state index in [-0.39, 0.29) is 22.7 Å². The Labute approximate surface area is 98.5 Å². The van der Waals surface area contributed by atoms with Gasteiger partial charge >= 0.3 is 5.97 Å². The number of aromatic hydroxyl groups is 1. The highest BCUT2D eigenvalue weighted by molar-refractivity contribution is 8.93. The number of hydrogen-bond donors (Lipinski definition) is 3. The molecule has 0 fully saturated rings. The van der Waals surface area contributed by atoms with Crippen molar-refractivity contribution < 1.29 is 15.0 Å². The summed E-state index contributed by atoms with van der Waals surface area (Å²) in [6, 6.07) is 5.83. The molecule has 0 bridgehead atoms. The summed E-state index contributed by atoms with van der Waals surface area (Å²) in [7, 11) is 0. The molecule has 1 aromatic rings. The van der Waals surface area contributed by atoms with Crippen LogP contribution in [-0.4, -0.2) is 22.2 Å². The van der Waals surface area contributed by atoms with Gasteiger partial charge in [0.15, 0.2) is 0 Å². The monoisotopic (exact) mass is 275 g/mol. The number of carbonyl (C=O) groups is 1. The van der Waals surface area contributed by atoms with E-state index in [1.165, 1.54) is 0 Å². The second-order valence-electron chi connectivity index (χ2n) is 3.15. The van der Waals surface area contributed by atoms with Gasteiger partial charge < -0.3 is 15.9 Å². The molecule has 84 valence electrons. The van der Waals surface area contributed by atoms with Gasteiger partial charge in [0.05, 0.1) is 0 Å². The Bertz CT molecular complexity index is 313. The van der Waals surface area contributed by atoms with Crippen molar-refractivity contribution in [1.82, 2.24) is 0 Å². The third-order valence-electron chi connectivity index (χ3n) is 2.00. The SMILES string of the molecule is Br.N[C@@H](CCc1ccc(O)cc1)C(=O)O. The predicted molar refractivity (Wildman–Crippen MR) is 62.4 cm³/mol. The van der Waals surface area contributed by atoms with Gasteiger partial charge in [0.25, 0.3) is 0 Å². The first-order valence-corrected chi connectivity index (χ1v) is 4.36. The zero-order chi connectivity index (χ0) is 10.6. The summed E-state index contributed by atoms with van der Waals surface area (Å²) in [6.07, 6.45) is 1.01. The van der Waals surface area contributed by atoms with Crippen LogP contribution in [-0.2, 0) is 11.2 Å². The molecule has 0 aliphatic carbocycles. The van der Waals surface area contributed by atoms with E-state index in [1.54, 1.807) is 24.3 Å². The Morgan fingerprint density at radius 3 is 2.33 bits per heavy atom. The van der Waals surface area contributed by atoms with Gasteiger partial charge in [0.2, 0.25) is 0 Å². The van der Waals surface area contributed by atoms with E-state index in [2.05, 4.69) is 0 Å². The molecule has 5 heteroatoms. The lowest BCUT2D eigenvalue weighted by atomic mass is 10.1. The predicted octanol–water partition coefficient (Wildman–Crippen LogP) is 1.31. The lowest BCUT2D eigenvalue weighted by Gasteiger charge is -2.05. The van der Waals surface area contributed by atoms with E-state index >= 15 is 0 Å². The fourth-order valence-electron chi connectivity index (χ4n) is 1.11. The van der Waals surface area contributed by atoms with Crippen LogP contribution in [0, 0.1) is 0 Å². The van der Waals surface area contributed by atoms with Gasteiger partial charge in [-0.3, -0.25) is 4.79 Å². The minimum absolute atomic E-state index is 0. The lowest BCUT2D eigenvalue weighted by molar-refractivity contribution is -0.138. The molecule has 0 saturated carbocycles. The van der Waals surface area contributed by atoms with Crippen molar-refractivity contribution in [1.29, 1.82) is 0 Å². The average molecular weight is 276 g/mol. The fourth-order valence-corrected chi connectivity index (χ4v) is 1.11. The minimum atomic E-state index is -0.983. The van der Waals surface area contributed by atoms with Gasteiger partial charge in [0, 0.05) is 0 Å². The van der Waals surface area contributed by atoms with Crippen LogP contribution < -0.4 is 5.73 Å². The maximum Gasteiger partial charge on any atom is 0.320 e. The standard InChI is InChI=1S/C10H13NO3.BrH/c11-9(10(13)14)6-3-7-1-4-8(12)5-2-7;/h1-2,4-5,9,12H,3,6,11H2,(H,13,14);1H/t9-;/m0./s1. The number of aryl methyl sites for hydroxylation is 1. The number of phenols is 1. The maximum absolute atomic E-state index is 10.4. The van der Waals surface area contributed by atoms with Crippen LogP contribution >= 0.6 is 17.0 Å². The summed E-state index contributed by atoms with van der Waals surface area (Å²) < 4.78 is 0. The molecule has 4 N–H and O–H groups in total. The van der Waals surface area contributed by atoms with Crippen molar-refractivity contribution in [3.8, 4) is 5.75 Å². The second kappa shape index (κ2) is 6.42. The number of carboxylic acid groups (broad SMARTS) is 1. The summed E-state index contributed by atoms with van der Waals surface area (Å²) in [5.74, 6) is -0.778. The molecular weight excluding hydrogens is 262 g/mol. The number of nitrogens with two attached hydrogens (primary N) is 1. The smallest absolute Gasteiger partial charge is 0.320 e. The second-order valence-corrected chi connectivity index (χ2v) is 3.15. The topological polar surface area (TPSA) is 83.5 Å². The van der Waals surface area contributed by atoms with Crippen LogP contribution in [0.1, 0.15) is 12.0 Å². The van der Waals surface area contributed by atoms with Gasteiger partial charge in [-0.25, -0.2) is 0 Å². The molecule has 0 aliphatic rings. The normalized spacial score (nSPS) is 11.5. The number of rotatable bonds is 4. The molecular formula is C10H14BrNO3. The van der Waals surface area contributed by atoms with Crippen LogP contribution in [0.5, 0.6) is 5.75 Å². The Morgan fingerprint density at radius 2 is 1.87 bits per heavy atom. The highest BCUT2D eigenvalue weighted by atomic mass is 79.9. The van der Waals surface area contributed by atoms with Gasteiger partial charge in [0.1, 0.15) is 11.8 Å². The number of benzene rings is 1. The van der Waals surface area contributed by atoms with Crippen molar-refractivity contribution in [2.45, 2.75) is 18.9 Å². The number of halogens is 1. The zero-order valence-corrected chi connectivity index (χ0v) is 9.80. The maximum atomic E-state index is 10.4. The van der Waals surface area contributed by atoms with Gasteiger partial charge in [-0.05, 0) is 30.5 Å². The average Bonchev–Trinajstić information content (AvgIpc) is 2.16. The first-order chi connectivity index (χ1) is 6.59. The Balaban J connectivity index is 0.00000196. The van der Waals surface area contributed by atoms with Crippen LogP contribution in [0.4, 0.5) is 0 Å². The number of hydrogen-bond acceptors (Lipinski definition) is 3. The molecule has 0 saturated heterocycles. The lowest BCUT2D eigenvalue weighted by Crippen LogP contribution is -2.30. The first kappa shape index (κ1) is 13.9. The van der Waals surface area contributed by atoms with Gasteiger partial charge in [-0.1, -0.05) is 12.1 Å². The minimum Gasteiger partial charge on any atom is -0.508 e. The fraction of sp³-hybridized carbons (Fsp3) is 0.300. The quantitative estimate of drug-likeness (QED) is 0.774. The van der Waals surface area contributed by atoms with Crippen molar-refractivity contribution in [2.75, 3.05) is 0 Å². The van der Waals surface area contributed by atoms with E-state index in [9.17, 15) is 4.79 Å². The molecule has 0 aliphatic heterocycles. The van der Waals surface area contributed by atoms with Crippen LogP contribution in [0.3, 0.4) is 0 Å². The molecule has 0 aromatic heterocycles.